The molecule has 2 aromatic heterocycles. The van der Waals surface area contributed by atoms with E-state index in [4.69, 9.17) is 16.6 Å². The maximum absolute atomic E-state index is 13.3. The highest BCUT2D eigenvalue weighted by Gasteiger charge is 2.20. The molecule has 1 aliphatic heterocycles. The summed E-state index contributed by atoms with van der Waals surface area (Å²) in [7, 11) is 0. The van der Waals surface area contributed by atoms with Gasteiger partial charge in [-0.2, -0.15) is 0 Å². The molecule has 0 aliphatic carbocycles. The number of nitrogens with one attached hydrogen (secondary N) is 1. The molecule has 1 aliphatic rings. The topological polar surface area (TPSA) is 50.2 Å². The van der Waals surface area contributed by atoms with E-state index < -0.39 is 5.82 Å². The number of aromatic nitrogens is 2. The van der Waals surface area contributed by atoms with Crippen LogP contribution in [-0.2, 0) is 6.54 Å². The summed E-state index contributed by atoms with van der Waals surface area (Å²) in [6.07, 6.45) is 0. The van der Waals surface area contributed by atoms with Gasteiger partial charge in [0.2, 0.25) is 5.95 Å². The third-order valence-corrected chi connectivity index (χ3v) is 5.53. The van der Waals surface area contributed by atoms with Gasteiger partial charge in [-0.3, -0.25) is 9.36 Å². The molecule has 0 radical (unpaired) electrons. The number of piperazine rings is 1. The Morgan fingerprint density at radius 3 is 2.84 bits per heavy atom. The van der Waals surface area contributed by atoms with Gasteiger partial charge in [0.05, 0.1) is 12.1 Å². The van der Waals surface area contributed by atoms with Gasteiger partial charge in [0.1, 0.15) is 10.5 Å². The molecule has 0 amide bonds. The van der Waals surface area contributed by atoms with E-state index in [1.807, 2.05) is 11.4 Å². The summed E-state index contributed by atoms with van der Waals surface area (Å²) < 4.78 is 15.6. The maximum Gasteiger partial charge on any atom is 0.273 e. The van der Waals surface area contributed by atoms with E-state index >= 15 is 0 Å². The molecule has 3 heterocycles. The second kappa shape index (κ2) is 6.74. The first-order valence-corrected chi connectivity index (χ1v) is 9.27. The molecule has 1 aromatic carbocycles. The van der Waals surface area contributed by atoms with Crippen LogP contribution in [0.15, 0.2) is 34.4 Å². The fraction of sp³-hybridized carbons (Fsp3) is 0.294. The first kappa shape index (κ1) is 16.5. The zero-order chi connectivity index (χ0) is 17.4. The molecule has 130 valence electrons. The lowest BCUT2D eigenvalue weighted by molar-refractivity contribution is 0.564. The van der Waals surface area contributed by atoms with Crippen molar-refractivity contribution in [3.63, 3.8) is 0 Å². The number of benzene rings is 1. The predicted molar refractivity (Wildman–Crippen MR) is 99.5 cm³/mol. The SMILES string of the molecule is O=c1c2sccc2nc(N2CCNCC2)n1Cc1ccc(F)cc1Cl. The van der Waals surface area contributed by atoms with Crippen LogP contribution in [-0.4, -0.2) is 35.7 Å². The van der Waals surface area contributed by atoms with Gasteiger partial charge in [0.15, 0.2) is 0 Å². The third-order valence-electron chi connectivity index (χ3n) is 4.29. The van der Waals surface area contributed by atoms with Crippen LogP contribution in [0.2, 0.25) is 5.02 Å². The molecule has 1 saturated heterocycles. The number of fused-ring (bicyclic) bond motifs is 1. The largest absolute Gasteiger partial charge is 0.340 e. The summed E-state index contributed by atoms with van der Waals surface area (Å²) in [5.74, 6) is 0.244. The fourth-order valence-corrected chi connectivity index (χ4v) is 4.01. The minimum Gasteiger partial charge on any atom is -0.340 e. The van der Waals surface area contributed by atoms with E-state index in [9.17, 15) is 9.18 Å². The van der Waals surface area contributed by atoms with Crippen LogP contribution in [0.4, 0.5) is 10.3 Å². The van der Waals surface area contributed by atoms with E-state index in [1.54, 1.807) is 10.6 Å². The molecule has 0 atom stereocenters. The Labute approximate surface area is 152 Å². The van der Waals surface area contributed by atoms with E-state index in [0.29, 0.717) is 26.8 Å². The average Bonchev–Trinajstić information content (AvgIpc) is 3.09. The Balaban J connectivity index is 1.84. The van der Waals surface area contributed by atoms with Gasteiger partial charge >= 0.3 is 0 Å². The van der Waals surface area contributed by atoms with Gasteiger partial charge in [-0.15, -0.1) is 11.3 Å². The number of thiophene rings is 1. The van der Waals surface area contributed by atoms with Gasteiger partial charge in [0.25, 0.3) is 5.56 Å². The van der Waals surface area contributed by atoms with E-state index in [1.165, 1.54) is 23.5 Å². The predicted octanol–water partition coefficient (Wildman–Crippen LogP) is 2.71. The Hall–Kier alpha value is -1.96. The molecule has 1 fully saturated rings. The summed E-state index contributed by atoms with van der Waals surface area (Å²) >= 11 is 7.55. The van der Waals surface area contributed by atoms with Crippen LogP contribution in [0.5, 0.6) is 0 Å². The second-order valence-corrected chi connectivity index (χ2v) is 7.23. The molecule has 1 N–H and O–H groups in total. The highest BCUT2D eigenvalue weighted by molar-refractivity contribution is 7.17. The van der Waals surface area contributed by atoms with Crippen molar-refractivity contribution in [2.45, 2.75) is 6.54 Å². The number of hydrogen-bond acceptors (Lipinski definition) is 5. The molecule has 3 aromatic rings. The molecule has 0 unspecified atom stereocenters. The van der Waals surface area contributed by atoms with Crippen LogP contribution in [0, 0.1) is 5.82 Å². The fourth-order valence-electron chi connectivity index (χ4n) is 3.00. The molecular formula is C17H16ClFN4OS. The normalized spacial score (nSPS) is 15.0. The lowest BCUT2D eigenvalue weighted by Crippen LogP contribution is -2.46. The Bertz CT molecular complexity index is 980. The number of rotatable bonds is 3. The van der Waals surface area contributed by atoms with E-state index in [2.05, 4.69) is 10.2 Å². The van der Waals surface area contributed by atoms with Crippen LogP contribution in [0.25, 0.3) is 10.2 Å². The van der Waals surface area contributed by atoms with Crippen molar-refractivity contribution in [1.82, 2.24) is 14.9 Å². The van der Waals surface area contributed by atoms with Crippen molar-refractivity contribution in [2.24, 2.45) is 0 Å². The summed E-state index contributed by atoms with van der Waals surface area (Å²) in [5, 5.41) is 5.48. The van der Waals surface area contributed by atoms with Crippen molar-refractivity contribution in [2.75, 3.05) is 31.1 Å². The molecule has 0 spiro atoms. The third kappa shape index (κ3) is 3.15. The average molecular weight is 379 g/mol. The first-order valence-electron chi connectivity index (χ1n) is 8.01. The number of nitrogens with zero attached hydrogens (tertiary/aromatic N) is 3. The lowest BCUT2D eigenvalue weighted by Gasteiger charge is -2.30. The Morgan fingerprint density at radius 1 is 1.28 bits per heavy atom. The molecule has 25 heavy (non-hydrogen) atoms. The molecule has 4 rings (SSSR count). The van der Waals surface area contributed by atoms with Crippen molar-refractivity contribution in [3.8, 4) is 0 Å². The number of anilines is 1. The first-order chi connectivity index (χ1) is 12.1. The van der Waals surface area contributed by atoms with Crippen molar-refractivity contribution in [3.05, 3.63) is 56.4 Å². The van der Waals surface area contributed by atoms with E-state index in [0.717, 1.165) is 26.2 Å². The summed E-state index contributed by atoms with van der Waals surface area (Å²) in [6, 6.07) is 6.10. The van der Waals surface area contributed by atoms with Gasteiger partial charge in [-0.05, 0) is 29.1 Å². The van der Waals surface area contributed by atoms with Crippen molar-refractivity contribution >= 4 is 39.1 Å². The van der Waals surface area contributed by atoms with Crippen LogP contribution >= 0.6 is 22.9 Å². The monoisotopic (exact) mass is 378 g/mol. The maximum atomic E-state index is 13.3. The van der Waals surface area contributed by atoms with Crippen LogP contribution < -0.4 is 15.8 Å². The summed E-state index contributed by atoms with van der Waals surface area (Å²) in [6.45, 7) is 3.50. The van der Waals surface area contributed by atoms with Gasteiger partial charge in [-0.25, -0.2) is 9.37 Å². The van der Waals surface area contributed by atoms with Gasteiger partial charge in [0, 0.05) is 31.2 Å². The Kier molecular flexibility index (Phi) is 4.45. The molecule has 5 nitrogen and oxygen atoms in total. The second-order valence-electron chi connectivity index (χ2n) is 5.91. The standard InChI is InChI=1S/C17H16ClFN4OS/c18-13-9-12(19)2-1-11(13)10-23-16(24)15-14(3-8-25-15)21-17(23)22-6-4-20-5-7-22/h1-3,8-9,20H,4-7,10H2. The minimum atomic E-state index is -0.393. The number of halogens is 2. The summed E-state index contributed by atoms with van der Waals surface area (Å²) in [5.41, 5.74) is 1.32. The zero-order valence-electron chi connectivity index (χ0n) is 13.3. The molecule has 0 saturated carbocycles. The van der Waals surface area contributed by atoms with Crippen molar-refractivity contribution in [1.29, 1.82) is 0 Å². The lowest BCUT2D eigenvalue weighted by atomic mass is 10.2. The highest BCUT2D eigenvalue weighted by atomic mass is 35.5. The van der Waals surface area contributed by atoms with Crippen molar-refractivity contribution < 1.29 is 4.39 Å². The van der Waals surface area contributed by atoms with Crippen LogP contribution in [0.1, 0.15) is 5.56 Å². The quantitative estimate of drug-likeness (QED) is 0.761. The zero-order valence-corrected chi connectivity index (χ0v) is 14.9. The Morgan fingerprint density at radius 2 is 2.08 bits per heavy atom. The summed E-state index contributed by atoms with van der Waals surface area (Å²) in [4.78, 5) is 19.8. The van der Waals surface area contributed by atoms with E-state index in [-0.39, 0.29) is 12.1 Å². The number of hydrogen-bond donors (Lipinski definition) is 1. The molecule has 8 heteroatoms. The highest BCUT2D eigenvalue weighted by Crippen LogP contribution is 2.23. The van der Waals surface area contributed by atoms with Crippen LogP contribution in [0.3, 0.4) is 0 Å². The van der Waals surface area contributed by atoms with Gasteiger partial charge < -0.3 is 10.2 Å². The van der Waals surface area contributed by atoms with Gasteiger partial charge in [-0.1, -0.05) is 17.7 Å². The molecular weight excluding hydrogens is 363 g/mol. The minimum absolute atomic E-state index is 0.0890. The smallest absolute Gasteiger partial charge is 0.273 e. The molecule has 0 bridgehead atoms.